The van der Waals surface area contributed by atoms with E-state index < -0.39 is 16.5 Å². The van der Waals surface area contributed by atoms with E-state index in [-0.39, 0.29) is 29.5 Å². The van der Waals surface area contributed by atoms with Gasteiger partial charge in [-0.3, -0.25) is 9.48 Å². The molecule has 41 heavy (non-hydrogen) atoms. The molecule has 9 heteroatoms. The Morgan fingerprint density at radius 3 is 0.878 bits per heavy atom. The van der Waals surface area contributed by atoms with Crippen molar-refractivity contribution in [1.29, 1.82) is 0 Å². The van der Waals surface area contributed by atoms with Crippen molar-refractivity contribution >= 4 is 22.8 Å². The fraction of sp³-hybridized carbons (Fsp3) is 0.938. The molecule has 0 N–H and O–H groups in total. The Labute approximate surface area is 280 Å². The molecule has 0 amide bonds. The molecule has 0 aromatic rings. The third-order valence-electron chi connectivity index (χ3n) is 5.97. The zero-order valence-corrected chi connectivity index (χ0v) is 35.4. The summed E-state index contributed by atoms with van der Waals surface area (Å²) in [6.45, 7) is 52.0. The van der Waals surface area contributed by atoms with E-state index in [1.807, 2.05) is 0 Å². The molecule has 5 nitrogen and oxygen atoms in total. The molecule has 0 atom stereocenters. The second kappa shape index (κ2) is 23.9. The summed E-state index contributed by atoms with van der Waals surface area (Å²) in [5.74, 6) is 0. The van der Waals surface area contributed by atoms with Gasteiger partial charge in [0.1, 0.15) is 0 Å². The van der Waals surface area contributed by atoms with E-state index in [0.717, 1.165) is 0 Å². The third-order valence-corrected chi connectivity index (χ3v) is 11.3. The van der Waals surface area contributed by atoms with Gasteiger partial charge in [0.2, 0.25) is 6.34 Å². The van der Waals surface area contributed by atoms with Crippen LogP contribution in [0.5, 0.6) is 0 Å². The molecule has 0 aromatic carbocycles. The summed E-state index contributed by atoms with van der Waals surface area (Å²) in [7, 11) is -2.21. The van der Waals surface area contributed by atoms with Gasteiger partial charge < -0.3 is 26.9 Å². The first kappa shape index (κ1) is 51.2. The Kier molecular flexibility index (Phi) is 29.8. The van der Waals surface area contributed by atoms with Gasteiger partial charge in [-0.05, 0) is 79.6 Å². The molecule has 0 aromatic heterocycles. The predicted molar refractivity (Wildman–Crippen MR) is 187 cm³/mol. The molecule has 255 valence electrons. The maximum atomic E-state index is 4.82. The summed E-state index contributed by atoms with van der Waals surface area (Å²) >= 11 is 0. The largest absolute Gasteiger partial charge is 2.00 e. The van der Waals surface area contributed by atoms with Crippen LogP contribution in [-0.4, -0.2) is 90.4 Å². The first-order chi connectivity index (χ1) is 17.2. The Hall–Kier alpha value is 0.593. The van der Waals surface area contributed by atoms with Gasteiger partial charge in [0, 0.05) is 0 Å². The van der Waals surface area contributed by atoms with E-state index in [1.54, 1.807) is 0 Å². The Balaban J connectivity index is -0.000000159. The summed E-state index contributed by atoms with van der Waals surface area (Å²) in [6, 6.07) is 4.48. The first-order valence-electron chi connectivity index (χ1n) is 15.8. The Bertz CT molecular complexity index is 577. The molecule has 0 heterocycles. The fourth-order valence-electron chi connectivity index (χ4n) is 4.77. The van der Waals surface area contributed by atoms with E-state index in [1.165, 1.54) is 0 Å². The zero-order chi connectivity index (χ0) is 32.0. The van der Waals surface area contributed by atoms with Crippen molar-refractivity contribution in [2.24, 2.45) is 0 Å². The van der Waals surface area contributed by atoms with E-state index in [2.05, 4.69) is 182 Å². The molecule has 1 radical (unpaired) electrons. The molecule has 0 unspecified atom stereocenters. The van der Waals surface area contributed by atoms with Gasteiger partial charge in [-0.25, -0.2) is 6.67 Å². The smallest absolute Gasteiger partial charge is 1.00 e. The summed E-state index contributed by atoms with van der Waals surface area (Å²) in [5.41, 5.74) is 0. The van der Waals surface area contributed by atoms with E-state index in [4.69, 9.17) is 4.65 Å². The van der Waals surface area contributed by atoms with Crippen LogP contribution in [0.15, 0.2) is 0 Å². The molecule has 0 saturated heterocycles. The third kappa shape index (κ3) is 27.9. The van der Waals surface area contributed by atoms with E-state index in [9.17, 15) is 0 Å². The van der Waals surface area contributed by atoms with Gasteiger partial charge in [-0.1, -0.05) is 111 Å². The number of rotatable bonds is 13. The second-order valence-electron chi connectivity index (χ2n) is 15.2. The van der Waals surface area contributed by atoms with E-state index >= 15 is 0 Å². The number of hydrogen-bond donors (Lipinski definition) is 0. The van der Waals surface area contributed by atoms with E-state index in [0.29, 0.717) is 48.3 Å². The fourth-order valence-corrected chi connectivity index (χ4v) is 12.8. The normalized spacial score (nSPS) is 12.2. The van der Waals surface area contributed by atoms with Crippen molar-refractivity contribution in [2.45, 2.75) is 198 Å². The average Bonchev–Trinajstić information content (AvgIpc) is 2.64. The van der Waals surface area contributed by atoms with Crippen molar-refractivity contribution < 1.29 is 34.1 Å². The van der Waals surface area contributed by atoms with Crippen molar-refractivity contribution in [3.63, 3.8) is 0 Å². The summed E-state index contributed by atoms with van der Waals surface area (Å²) < 4.78 is 7.24. The molecule has 0 rings (SSSR count). The standard InChI is InChI=1S/2C13H29N2.C6H18NSi2.ClH.Cu/c2*1-10(2)14(11(3)4)9-15(12(5)6)13(7)8;1-8(2,3)7-9(4,5)6;;/h2*9-13H,1-8H3;1-6H3;1H;/q-1;+1;-1;;+2/p-1. The maximum Gasteiger partial charge on any atom is 2.00 e. The van der Waals surface area contributed by atoms with Crippen LogP contribution in [0.3, 0.4) is 0 Å². The number of hydrogen-bond acceptors (Lipinski definition) is 2. The summed E-state index contributed by atoms with van der Waals surface area (Å²) in [6.07, 6.45) is 2.30. The minimum atomic E-state index is -1.11. The van der Waals surface area contributed by atoms with Crippen LogP contribution >= 0.6 is 0 Å². The molecular weight excluding hydrogens is 610 g/mol. The van der Waals surface area contributed by atoms with Crippen molar-refractivity contribution in [2.75, 3.05) is 0 Å². The van der Waals surface area contributed by atoms with Gasteiger partial charge in [-0.2, -0.15) is 0 Å². The molecular formula is C32H76ClCuN5Si2. The molecule has 0 spiro atoms. The SMILES string of the molecule is CC(C)N(C=[N+](C(C)C)C(C)C)C(C)C.CC(C)N([CH-]N(C(C)C)C(C)C)C(C)C.C[Si](C)(C)[N-][Si](C)(C)C.[Cl-].[Cu+2]. The van der Waals surface area contributed by atoms with Crippen molar-refractivity contribution in [3.05, 3.63) is 11.3 Å². The predicted octanol–water partition coefficient (Wildman–Crippen LogP) is 6.34. The molecule has 0 saturated carbocycles. The van der Waals surface area contributed by atoms with Crippen LogP contribution < -0.4 is 12.4 Å². The molecule has 0 aliphatic rings. The quantitative estimate of drug-likeness (QED) is 0.0745. The molecule has 0 aliphatic heterocycles. The van der Waals surface area contributed by atoms with Gasteiger partial charge in [0.05, 0.1) is 24.2 Å². The monoisotopic (exact) mass is 684 g/mol. The molecule has 0 fully saturated rings. The van der Waals surface area contributed by atoms with Crippen LogP contribution in [0.1, 0.15) is 111 Å². The summed E-state index contributed by atoms with van der Waals surface area (Å²) in [5, 5.41) is 0. The van der Waals surface area contributed by atoms with Gasteiger partial charge in [0.25, 0.3) is 0 Å². The minimum Gasteiger partial charge on any atom is -1.00 e. The number of nitrogens with zero attached hydrogens (tertiary/aromatic N) is 5. The Morgan fingerprint density at radius 2 is 0.756 bits per heavy atom. The van der Waals surface area contributed by atoms with Gasteiger partial charge in [-0.15, -0.1) is 0 Å². The number of halogens is 1. The molecule has 0 aliphatic carbocycles. The van der Waals surface area contributed by atoms with Crippen LogP contribution in [0.25, 0.3) is 4.65 Å². The summed E-state index contributed by atoms with van der Waals surface area (Å²) in [4.78, 5) is 7.25. The van der Waals surface area contributed by atoms with Gasteiger partial charge >= 0.3 is 17.1 Å². The molecule has 0 bridgehead atoms. The van der Waals surface area contributed by atoms with Crippen LogP contribution in [-0.2, 0) is 17.1 Å². The van der Waals surface area contributed by atoms with Crippen molar-refractivity contribution in [3.8, 4) is 0 Å². The first-order valence-corrected chi connectivity index (χ1v) is 22.7. The van der Waals surface area contributed by atoms with Gasteiger partial charge in [0.15, 0.2) is 0 Å². The van der Waals surface area contributed by atoms with Crippen molar-refractivity contribution in [1.82, 2.24) is 14.7 Å². The minimum absolute atomic E-state index is 0. The van der Waals surface area contributed by atoms with Crippen LogP contribution in [0.2, 0.25) is 39.3 Å². The topological polar surface area (TPSA) is 26.8 Å². The second-order valence-corrected chi connectivity index (χ2v) is 24.8. The van der Waals surface area contributed by atoms with Crippen LogP contribution in [0.4, 0.5) is 0 Å². The zero-order valence-electron chi connectivity index (χ0n) is 31.7. The maximum absolute atomic E-state index is 4.82. The average molecular weight is 686 g/mol. The van der Waals surface area contributed by atoms with Crippen LogP contribution in [0, 0.1) is 6.67 Å². The Morgan fingerprint density at radius 1 is 0.512 bits per heavy atom.